The van der Waals surface area contributed by atoms with Gasteiger partial charge in [0.25, 0.3) is 0 Å². The fourth-order valence-electron chi connectivity index (χ4n) is 8.49. The molecule has 0 saturated heterocycles. The summed E-state index contributed by atoms with van der Waals surface area (Å²) in [6, 6.07) is 79.6. The molecule has 57 heavy (non-hydrogen) atoms. The van der Waals surface area contributed by atoms with E-state index in [2.05, 4.69) is 228 Å². The molecular formula is C54H36N2S. The highest BCUT2D eigenvalue weighted by molar-refractivity contribution is 7.26. The van der Waals surface area contributed by atoms with E-state index in [1.54, 1.807) is 0 Å². The summed E-state index contributed by atoms with van der Waals surface area (Å²) < 4.78 is 2.51. The molecule has 1 heterocycles. The number of hydrogen-bond acceptors (Lipinski definition) is 3. The van der Waals surface area contributed by atoms with E-state index in [9.17, 15) is 0 Å². The predicted octanol–water partition coefficient (Wildman–Crippen LogP) is 16.1. The van der Waals surface area contributed by atoms with E-state index in [4.69, 9.17) is 0 Å². The molecular weight excluding hydrogens is 709 g/mol. The Morgan fingerprint density at radius 1 is 0.298 bits per heavy atom. The molecule has 0 spiro atoms. The molecule has 1 aromatic heterocycles. The monoisotopic (exact) mass is 744 g/mol. The molecule has 0 N–H and O–H groups in total. The Balaban J connectivity index is 1.24. The summed E-state index contributed by atoms with van der Waals surface area (Å²) in [5, 5.41) is 9.88. The molecule has 3 heteroatoms. The van der Waals surface area contributed by atoms with Crippen LogP contribution in [0.1, 0.15) is 0 Å². The Hall–Kier alpha value is -7.20. The van der Waals surface area contributed by atoms with Crippen LogP contribution in [0.3, 0.4) is 0 Å². The van der Waals surface area contributed by atoms with Crippen molar-refractivity contribution in [2.45, 2.75) is 0 Å². The summed E-state index contributed by atoms with van der Waals surface area (Å²) in [7, 11) is 0. The molecule has 0 aliphatic carbocycles. The second-order valence-corrected chi connectivity index (χ2v) is 15.7. The third kappa shape index (κ3) is 5.88. The van der Waals surface area contributed by atoms with Gasteiger partial charge in [0.2, 0.25) is 0 Å². The van der Waals surface area contributed by atoms with Crippen molar-refractivity contribution >= 4 is 98.0 Å². The van der Waals surface area contributed by atoms with Gasteiger partial charge in [-0.2, -0.15) is 0 Å². The Kier molecular flexibility index (Phi) is 8.04. The van der Waals surface area contributed by atoms with Gasteiger partial charge in [-0.05, 0) is 116 Å². The van der Waals surface area contributed by atoms with Gasteiger partial charge in [-0.25, -0.2) is 0 Å². The van der Waals surface area contributed by atoms with Gasteiger partial charge in [-0.1, -0.05) is 146 Å². The van der Waals surface area contributed by atoms with Crippen LogP contribution in [0.4, 0.5) is 34.1 Å². The van der Waals surface area contributed by atoms with Crippen LogP contribution in [0.25, 0.3) is 63.6 Å². The average molecular weight is 745 g/mol. The minimum atomic E-state index is 1.09. The molecule has 268 valence electrons. The smallest absolute Gasteiger partial charge is 0.0575 e. The molecule has 0 aliphatic rings. The van der Waals surface area contributed by atoms with Crippen LogP contribution < -0.4 is 9.80 Å². The molecule has 11 rings (SSSR count). The first-order valence-corrected chi connectivity index (χ1v) is 20.2. The van der Waals surface area contributed by atoms with Crippen molar-refractivity contribution in [3.8, 4) is 11.1 Å². The van der Waals surface area contributed by atoms with Crippen LogP contribution in [-0.2, 0) is 0 Å². The summed E-state index contributed by atoms with van der Waals surface area (Å²) in [5.74, 6) is 0. The highest BCUT2D eigenvalue weighted by Gasteiger charge is 2.24. The third-order valence-corrected chi connectivity index (χ3v) is 12.2. The number of anilines is 6. The molecule has 0 saturated carbocycles. The first-order chi connectivity index (χ1) is 28.2. The van der Waals surface area contributed by atoms with E-state index in [0.717, 1.165) is 34.1 Å². The van der Waals surface area contributed by atoms with Gasteiger partial charge in [0.15, 0.2) is 0 Å². The Labute approximate surface area is 335 Å². The van der Waals surface area contributed by atoms with Crippen LogP contribution in [-0.4, -0.2) is 0 Å². The number of benzene rings is 10. The van der Waals surface area contributed by atoms with E-state index in [-0.39, 0.29) is 0 Å². The molecule has 0 aliphatic heterocycles. The highest BCUT2D eigenvalue weighted by Crippen LogP contribution is 2.50. The maximum absolute atomic E-state index is 2.46. The van der Waals surface area contributed by atoms with Crippen molar-refractivity contribution in [3.63, 3.8) is 0 Å². The van der Waals surface area contributed by atoms with Crippen molar-refractivity contribution in [1.82, 2.24) is 0 Å². The number of hydrogen-bond donors (Lipinski definition) is 0. The summed E-state index contributed by atoms with van der Waals surface area (Å²) >= 11 is 1.87. The second-order valence-electron chi connectivity index (χ2n) is 14.6. The number of thiophene rings is 1. The van der Waals surface area contributed by atoms with Gasteiger partial charge in [-0.3, -0.25) is 0 Å². The number of para-hydroxylation sites is 2. The average Bonchev–Trinajstić information content (AvgIpc) is 3.63. The van der Waals surface area contributed by atoms with E-state index < -0.39 is 0 Å². The zero-order valence-corrected chi connectivity index (χ0v) is 31.9. The van der Waals surface area contributed by atoms with Crippen molar-refractivity contribution < 1.29 is 0 Å². The molecule has 0 radical (unpaired) electrons. The normalized spacial score (nSPS) is 11.5. The molecule has 10 aromatic carbocycles. The summed E-state index contributed by atoms with van der Waals surface area (Å²) in [6.07, 6.45) is 0. The zero-order chi connectivity index (χ0) is 37.7. The van der Waals surface area contributed by atoms with Crippen LogP contribution >= 0.6 is 11.3 Å². The first kappa shape index (κ1) is 33.2. The SMILES string of the molecule is c1ccc(-c2cc(N(c3ccccc3)c3cc(N(c4ccccc4)c4ccc5ccccc5c4)c4c(c3)sc3cc5ccccc5cc34)cc3ccccc23)cc1. The molecule has 0 amide bonds. The Morgan fingerprint density at radius 3 is 1.56 bits per heavy atom. The van der Waals surface area contributed by atoms with E-state index in [1.165, 1.54) is 63.6 Å². The summed E-state index contributed by atoms with van der Waals surface area (Å²) in [6.45, 7) is 0. The lowest BCUT2D eigenvalue weighted by atomic mass is 9.96. The van der Waals surface area contributed by atoms with Gasteiger partial charge >= 0.3 is 0 Å². The number of nitrogens with zero attached hydrogens (tertiary/aromatic N) is 2. The molecule has 0 atom stereocenters. The van der Waals surface area contributed by atoms with E-state index in [0.29, 0.717) is 0 Å². The van der Waals surface area contributed by atoms with Crippen LogP contribution in [0.2, 0.25) is 0 Å². The zero-order valence-electron chi connectivity index (χ0n) is 31.1. The number of fused-ring (bicyclic) bond motifs is 6. The van der Waals surface area contributed by atoms with Crippen LogP contribution in [0.5, 0.6) is 0 Å². The van der Waals surface area contributed by atoms with Crippen molar-refractivity contribution in [2.75, 3.05) is 9.80 Å². The Morgan fingerprint density at radius 2 is 0.842 bits per heavy atom. The predicted molar refractivity (Wildman–Crippen MR) is 247 cm³/mol. The highest BCUT2D eigenvalue weighted by atomic mass is 32.1. The standard InChI is InChI=1S/C54H36N2S/c1-4-17-38(18-5-1)49-34-46(31-42-22-14-15-27-48(42)49)55(43-23-6-2-7-24-43)47-35-51(54-50-32-40-20-12-13-21-41(40)33-52(50)57-53(54)36-47)56(44-25-8-3-9-26-44)45-29-28-37-16-10-11-19-39(37)30-45/h1-36H. The maximum atomic E-state index is 2.46. The lowest BCUT2D eigenvalue weighted by Gasteiger charge is -2.31. The van der Waals surface area contributed by atoms with E-state index >= 15 is 0 Å². The third-order valence-electron chi connectivity index (χ3n) is 11.1. The fraction of sp³-hybridized carbons (Fsp3) is 0. The number of rotatable bonds is 7. The van der Waals surface area contributed by atoms with Crippen LogP contribution in [0, 0.1) is 0 Å². The molecule has 0 bridgehead atoms. The minimum Gasteiger partial charge on any atom is -0.310 e. The maximum Gasteiger partial charge on any atom is 0.0575 e. The van der Waals surface area contributed by atoms with Crippen molar-refractivity contribution in [2.24, 2.45) is 0 Å². The Bertz CT molecular complexity index is 3240. The lowest BCUT2D eigenvalue weighted by Crippen LogP contribution is -2.13. The van der Waals surface area contributed by atoms with Gasteiger partial charge in [0, 0.05) is 48.6 Å². The van der Waals surface area contributed by atoms with Crippen molar-refractivity contribution in [1.29, 1.82) is 0 Å². The molecule has 0 fully saturated rings. The largest absolute Gasteiger partial charge is 0.310 e. The minimum absolute atomic E-state index is 1.09. The lowest BCUT2D eigenvalue weighted by molar-refractivity contribution is 1.27. The van der Waals surface area contributed by atoms with Crippen molar-refractivity contribution in [3.05, 3.63) is 218 Å². The van der Waals surface area contributed by atoms with Gasteiger partial charge in [0.1, 0.15) is 0 Å². The first-order valence-electron chi connectivity index (χ1n) is 19.4. The topological polar surface area (TPSA) is 6.48 Å². The molecule has 0 unspecified atom stereocenters. The molecule has 2 nitrogen and oxygen atoms in total. The second kappa shape index (κ2) is 13.8. The van der Waals surface area contributed by atoms with Crippen LogP contribution in [0.15, 0.2) is 218 Å². The van der Waals surface area contributed by atoms with E-state index in [1.807, 2.05) is 11.3 Å². The molecule has 11 aromatic rings. The van der Waals surface area contributed by atoms with Gasteiger partial charge < -0.3 is 9.80 Å². The van der Waals surface area contributed by atoms with Gasteiger partial charge in [0.05, 0.1) is 5.69 Å². The summed E-state index contributed by atoms with van der Waals surface area (Å²) in [4.78, 5) is 4.89. The fourth-order valence-corrected chi connectivity index (χ4v) is 9.68. The summed E-state index contributed by atoms with van der Waals surface area (Å²) in [5.41, 5.74) is 9.06. The quantitative estimate of drug-likeness (QED) is 0.160. The van der Waals surface area contributed by atoms with Gasteiger partial charge in [-0.15, -0.1) is 11.3 Å².